The van der Waals surface area contributed by atoms with Crippen molar-refractivity contribution in [2.45, 2.75) is 43.1 Å². The number of fused-ring (bicyclic) bond motifs is 1. The molecule has 3 rings (SSSR count). The van der Waals surface area contributed by atoms with Crippen LogP contribution in [0.1, 0.15) is 24.8 Å². The van der Waals surface area contributed by atoms with Crippen LogP contribution in [0, 0.1) is 0 Å². The van der Waals surface area contributed by atoms with Crippen LogP contribution >= 0.6 is 0 Å². The number of para-hydroxylation sites is 1. The average molecular weight is 295 g/mol. The number of hydrogen-bond donors (Lipinski definition) is 1. The Hall–Kier alpha value is -1.07. The number of benzene rings is 1. The van der Waals surface area contributed by atoms with Crippen LogP contribution in [0.3, 0.4) is 0 Å². The highest BCUT2D eigenvalue weighted by Gasteiger charge is 2.35. The van der Waals surface area contributed by atoms with Crippen molar-refractivity contribution >= 4 is 9.84 Å². The third-order valence-corrected chi connectivity index (χ3v) is 5.99. The van der Waals surface area contributed by atoms with E-state index in [1.54, 1.807) is 0 Å². The molecule has 3 unspecified atom stereocenters. The molecule has 0 spiro atoms. The summed E-state index contributed by atoms with van der Waals surface area (Å²) in [6, 6.07) is 8.16. The molecule has 0 aromatic heterocycles. The predicted octanol–water partition coefficient (Wildman–Crippen LogP) is 1.55. The first-order chi connectivity index (χ1) is 9.54. The molecule has 110 valence electrons. The maximum atomic E-state index is 11.7. The molecule has 0 bridgehead atoms. The lowest BCUT2D eigenvalue weighted by Crippen LogP contribution is -2.44. The first-order valence-electron chi connectivity index (χ1n) is 7.21. The third kappa shape index (κ3) is 2.83. The Bertz CT molecular complexity index is 560. The smallest absolute Gasteiger partial charge is 0.151 e. The summed E-state index contributed by atoms with van der Waals surface area (Å²) in [5, 5.41) is 3.18. The molecule has 1 saturated carbocycles. The van der Waals surface area contributed by atoms with E-state index < -0.39 is 9.84 Å². The highest BCUT2D eigenvalue weighted by atomic mass is 32.2. The van der Waals surface area contributed by atoms with Gasteiger partial charge in [0.15, 0.2) is 9.84 Å². The lowest BCUT2D eigenvalue weighted by atomic mass is 10.1. The summed E-state index contributed by atoms with van der Waals surface area (Å²) in [6.07, 6.45) is 5.08. The van der Waals surface area contributed by atoms with Crippen molar-refractivity contribution in [3.63, 3.8) is 0 Å². The molecule has 2 aliphatic rings. The molecule has 4 nitrogen and oxygen atoms in total. The lowest BCUT2D eigenvalue weighted by Gasteiger charge is -2.21. The Balaban J connectivity index is 1.56. The van der Waals surface area contributed by atoms with Gasteiger partial charge in [-0.15, -0.1) is 0 Å². The number of rotatable bonds is 4. The lowest BCUT2D eigenvalue weighted by molar-refractivity contribution is 0.221. The summed E-state index contributed by atoms with van der Waals surface area (Å²) in [6.45, 7) is 0.714. The third-order valence-electron chi connectivity index (χ3n) is 4.32. The second-order valence-corrected chi connectivity index (χ2v) is 8.13. The molecule has 1 aromatic carbocycles. The molecule has 3 atom stereocenters. The van der Waals surface area contributed by atoms with Crippen LogP contribution in [-0.4, -0.2) is 38.6 Å². The van der Waals surface area contributed by atoms with Crippen molar-refractivity contribution in [3.8, 4) is 5.75 Å². The zero-order chi connectivity index (χ0) is 14.2. The van der Waals surface area contributed by atoms with Gasteiger partial charge < -0.3 is 10.1 Å². The van der Waals surface area contributed by atoms with Gasteiger partial charge in [0.25, 0.3) is 0 Å². The van der Waals surface area contributed by atoms with E-state index in [2.05, 4.69) is 11.4 Å². The Morgan fingerprint density at radius 2 is 2.10 bits per heavy atom. The molecular formula is C15H21NO3S. The normalized spacial score (nSPS) is 29.1. The van der Waals surface area contributed by atoms with E-state index in [-0.39, 0.29) is 17.4 Å². The summed E-state index contributed by atoms with van der Waals surface area (Å²) in [5.41, 5.74) is 1.24. The summed E-state index contributed by atoms with van der Waals surface area (Å²) >= 11 is 0. The molecule has 20 heavy (non-hydrogen) atoms. The van der Waals surface area contributed by atoms with E-state index in [0.29, 0.717) is 6.54 Å². The minimum Gasteiger partial charge on any atom is -0.488 e. The molecule has 1 aromatic rings. The quantitative estimate of drug-likeness (QED) is 0.915. The van der Waals surface area contributed by atoms with E-state index in [1.165, 1.54) is 11.8 Å². The Morgan fingerprint density at radius 3 is 2.85 bits per heavy atom. The summed E-state index contributed by atoms with van der Waals surface area (Å²) in [5.74, 6) is 0.963. The fraction of sp³-hybridized carbons (Fsp3) is 0.600. The van der Waals surface area contributed by atoms with Gasteiger partial charge in [0.2, 0.25) is 0 Å². The fourth-order valence-electron chi connectivity index (χ4n) is 3.32. The van der Waals surface area contributed by atoms with Gasteiger partial charge in [0, 0.05) is 25.3 Å². The second-order valence-electron chi connectivity index (χ2n) is 5.87. The molecule has 1 aliphatic carbocycles. The molecule has 0 saturated heterocycles. The van der Waals surface area contributed by atoms with Gasteiger partial charge in [-0.2, -0.15) is 0 Å². The molecule has 1 fully saturated rings. The van der Waals surface area contributed by atoms with Crippen molar-refractivity contribution in [2.75, 3.05) is 12.8 Å². The number of nitrogens with one attached hydrogen (secondary N) is 1. The fourth-order valence-corrected chi connectivity index (χ4v) is 4.75. The number of ether oxygens (including phenoxy) is 1. The number of sulfone groups is 1. The minimum atomic E-state index is -2.95. The van der Waals surface area contributed by atoms with Crippen molar-refractivity contribution in [1.29, 1.82) is 0 Å². The van der Waals surface area contributed by atoms with E-state index in [4.69, 9.17) is 4.74 Å². The highest BCUT2D eigenvalue weighted by molar-refractivity contribution is 7.91. The van der Waals surface area contributed by atoms with Crippen LogP contribution in [-0.2, 0) is 16.3 Å². The first kappa shape index (κ1) is 13.9. The topological polar surface area (TPSA) is 55.4 Å². The van der Waals surface area contributed by atoms with E-state index in [9.17, 15) is 8.42 Å². The monoisotopic (exact) mass is 295 g/mol. The maximum absolute atomic E-state index is 11.7. The molecule has 1 heterocycles. The van der Waals surface area contributed by atoms with Gasteiger partial charge in [-0.1, -0.05) is 24.6 Å². The van der Waals surface area contributed by atoms with Crippen molar-refractivity contribution in [1.82, 2.24) is 5.32 Å². The van der Waals surface area contributed by atoms with Crippen LogP contribution in [0.4, 0.5) is 0 Å². The van der Waals surface area contributed by atoms with Crippen LogP contribution < -0.4 is 10.1 Å². The van der Waals surface area contributed by atoms with Gasteiger partial charge in [0.05, 0.1) is 5.25 Å². The van der Waals surface area contributed by atoms with Crippen LogP contribution in [0.15, 0.2) is 24.3 Å². The van der Waals surface area contributed by atoms with Crippen molar-refractivity contribution in [2.24, 2.45) is 0 Å². The largest absolute Gasteiger partial charge is 0.488 e. The minimum absolute atomic E-state index is 0.0808. The van der Waals surface area contributed by atoms with Gasteiger partial charge in [0.1, 0.15) is 11.9 Å². The maximum Gasteiger partial charge on any atom is 0.151 e. The average Bonchev–Trinajstić information content (AvgIpc) is 3.01. The summed E-state index contributed by atoms with van der Waals surface area (Å²) < 4.78 is 29.4. The predicted molar refractivity (Wildman–Crippen MR) is 78.8 cm³/mol. The zero-order valence-corrected chi connectivity index (χ0v) is 12.5. The molecule has 0 amide bonds. The summed E-state index contributed by atoms with van der Waals surface area (Å²) in [4.78, 5) is 0. The molecule has 0 radical (unpaired) electrons. The van der Waals surface area contributed by atoms with Gasteiger partial charge >= 0.3 is 0 Å². The van der Waals surface area contributed by atoms with E-state index >= 15 is 0 Å². The zero-order valence-electron chi connectivity index (χ0n) is 11.7. The van der Waals surface area contributed by atoms with Gasteiger partial charge in [-0.25, -0.2) is 8.42 Å². The molecule has 5 heteroatoms. The standard InChI is InChI=1S/C15H21NO3S/c1-20(17,18)15-8-4-6-13(15)16-10-12-9-11-5-2-3-7-14(11)19-12/h2-3,5,7,12-13,15-16H,4,6,8-10H2,1H3. The molecule has 1 N–H and O–H groups in total. The van der Waals surface area contributed by atoms with Crippen molar-refractivity contribution < 1.29 is 13.2 Å². The van der Waals surface area contributed by atoms with E-state index in [1.807, 2.05) is 18.2 Å². The molecular weight excluding hydrogens is 274 g/mol. The first-order valence-corrected chi connectivity index (χ1v) is 9.16. The van der Waals surface area contributed by atoms with Crippen LogP contribution in [0.2, 0.25) is 0 Å². The van der Waals surface area contributed by atoms with Crippen molar-refractivity contribution in [3.05, 3.63) is 29.8 Å². The Morgan fingerprint density at radius 1 is 1.30 bits per heavy atom. The Labute approximate surface area is 120 Å². The van der Waals surface area contributed by atoms with E-state index in [0.717, 1.165) is 31.4 Å². The Kier molecular flexibility index (Phi) is 3.73. The second kappa shape index (κ2) is 5.37. The highest BCUT2D eigenvalue weighted by Crippen LogP contribution is 2.29. The van der Waals surface area contributed by atoms with Crippen LogP contribution in [0.5, 0.6) is 5.75 Å². The molecule has 1 aliphatic heterocycles. The number of hydrogen-bond acceptors (Lipinski definition) is 4. The van der Waals surface area contributed by atoms with Crippen LogP contribution in [0.25, 0.3) is 0 Å². The van der Waals surface area contributed by atoms with Gasteiger partial charge in [-0.05, 0) is 24.5 Å². The van der Waals surface area contributed by atoms with Gasteiger partial charge in [-0.3, -0.25) is 0 Å². The SMILES string of the molecule is CS(=O)(=O)C1CCCC1NCC1Cc2ccccc2O1. The summed E-state index contributed by atoms with van der Waals surface area (Å²) in [7, 11) is -2.95.